The SMILES string of the molecule is CCNCc1ccc(F)c(S(=O)(=O)NN2CCOCC2)c1. The largest absolute Gasteiger partial charge is 0.379 e. The summed E-state index contributed by atoms with van der Waals surface area (Å²) in [6, 6.07) is 4.12. The van der Waals surface area contributed by atoms with Gasteiger partial charge in [0.05, 0.1) is 13.2 Å². The van der Waals surface area contributed by atoms with E-state index in [1.807, 2.05) is 6.92 Å². The maximum Gasteiger partial charge on any atom is 0.256 e. The molecule has 0 unspecified atom stereocenters. The first kappa shape index (κ1) is 16.3. The minimum atomic E-state index is -3.92. The molecular formula is C13H20FN3O3S. The van der Waals surface area contributed by atoms with Gasteiger partial charge in [0.15, 0.2) is 0 Å². The van der Waals surface area contributed by atoms with Crippen molar-refractivity contribution < 1.29 is 17.5 Å². The molecule has 0 spiro atoms. The molecule has 118 valence electrons. The van der Waals surface area contributed by atoms with E-state index in [1.54, 1.807) is 6.07 Å². The third-order valence-corrected chi connectivity index (χ3v) is 4.52. The van der Waals surface area contributed by atoms with Crippen LogP contribution in [-0.2, 0) is 21.3 Å². The van der Waals surface area contributed by atoms with Gasteiger partial charge in [-0.2, -0.15) is 0 Å². The third-order valence-electron chi connectivity index (χ3n) is 3.12. The first-order valence-corrected chi connectivity index (χ1v) is 8.35. The molecule has 1 aromatic carbocycles. The van der Waals surface area contributed by atoms with Crippen molar-refractivity contribution in [1.29, 1.82) is 0 Å². The number of sulfonamides is 1. The molecule has 1 aliphatic rings. The molecule has 0 bridgehead atoms. The molecule has 1 aliphatic heterocycles. The Morgan fingerprint density at radius 2 is 2.05 bits per heavy atom. The van der Waals surface area contributed by atoms with E-state index < -0.39 is 15.8 Å². The van der Waals surface area contributed by atoms with Gasteiger partial charge in [0.25, 0.3) is 10.0 Å². The van der Waals surface area contributed by atoms with Crippen LogP contribution in [0.2, 0.25) is 0 Å². The lowest BCUT2D eigenvalue weighted by Crippen LogP contribution is -2.48. The fourth-order valence-corrected chi connectivity index (χ4v) is 3.26. The van der Waals surface area contributed by atoms with Crippen molar-refractivity contribution >= 4 is 10.0 Å². The number of ether oxygens (including phenoxy) is 1. The Balaban J connectivity index is 2.17. The van der Waals surface area contributed by atoms with Gasteiger partial charge in [0.1, 0.15) is 10.7 Å². The molecule has 2 N–H and O–H groups in total. The van der Waals surface area contributed by atoms with Gasteiger partial charge in [0.2, 0.25) is 0 Å². The van der Waals surface area contributed by atoms with Crippen molar-refractivity contribution in [1.82, 2.24) is 15.2 Å². The topological polar surface area (TPSA) is 70.7 Å². The average Bonchev–Trinajstić information content (AvgIpc) is 2.47. The predicted octanol–water partition coefficient (Wildman–Crippen LogP) is 0.461. The van der Waals surface area contributed by atoms with Crippen LogP contribution in [0.5, 0.6) is 0 Å². The second-order valence-corrected chi connectivity index (χ2v) is 6.37. The van der Waals surface area contributed by atoms with Crippen LogP contribution in [0.25, 0.3) is 0 Å². The zero-order chi connectivity index (χ0) is 15.3. The lowest BCUT2D eigenvalue weighted by atomic mass is 10.2. The standard InChI is InChI=1S/C13H20FN3O3S/c1-2-15-10-11-3-4-12(14)13(9-11)21(18,19)16-17-5-7-20-8-6-17/h3-4,9,15-16H,2,5-8,10H2,1H3. The van der Waals surface area contributed by atoms with Gasteiger partial charge >= 0.3 is 0 Å². The number of nitrogens with one attached hydrogen (secondary N) is 2. The fraction of sp³-hybridized carbons (Fsp3) is 0.538. The number of hydrogen-bond donors (Lipinski definition) is 2. The van der Waals surface area contributed by atoms with E-state index >= 15 is 0 Å². The fourth-order valence-electron chi connectivity index (χ4n) is 2.01. The van der Waals surface area contributed by atoms with Gasteiger partial charge in [-0.15, -0.1) is 4.83 Å². The molecule has 0 aromatic heterocycles. The Morgan fingerprint density at radius 1 is 1.33 bits per heavy atom. The highest BCUT2D eigenvalue weighted by atomic mass is 32.2. The maximum atomic E-state index is 13.9. The van der Waals surface area contributed by atoms with Crippen molar-refractivity contribution in [3.8, 4) is 0 Å². The first-order chi connectivity index (χ1) is 10.0. The highest BCUT2D eigenvalue weighted by Crippen LogP contribution is 2.17. The molecule has 1 aromatic rings. The first-order valence-electron chi connectivity index (χ1n) is 6.87. The molecule has 0 aliphatic carbocycles. The highest BCUT2D eigenvalue weighted by Gasteiger charge is 2.23. The number of morpholine rings is 1. The normalized spacial score (nSPS) is 17.0. The van der Waals surface area contributed by atoms with Gasteiger partial charge in [-0.3, -0.25) is 0 Å². The number of halogens is 1. The maximum absolute atomic E-state index is 13.9. The van der Waals surface area contributed by atoms with E-state index in [1.165, 1.54) is 17.1 Å². The number of hydrogen-bond acceptors (Lipinski definition) is 5. The number of hydrazine groups is 1. The summed E-state index contributed by atoms with van der Waals surface area (Å²) in [7, 11) is -3.92. The quantitative estimate of drug-likeness (QED) is 0.798. The highest BCUT2D eigenvalue weighted by molar-refractivity contribution is 7.89. The van der Waals surface area contributed by atoms with Crippen LogP contribution in [0, 0.1) is 5.82 Å². The smallest absolute Gasteiger partial charge is 0.256 e. The van der Waals surface area contributed by atoms with Gasteiger partial charge in [-0.25, -0.2) is 17.8 Å². The lowest BCUT2D eigenvalue weighted by molar-refractivity contribution is 0.0272. The number of benzene rings is 1. The monoisotopic (exact) mass is 317 g/mol. The minimum absolute atomic E-state index is 0.329. The molecule has 8 heteroatoms. The molecule has 1 heterocycles. The predicted molar refractivity (Wildman–Crippen MR) is 76.5 cm³/mol. The summed E-state index contributed by atoms with van der Waals surface area (Å²) >= 11 is 0. The Morgan fingerprint density at radius 3 is 2.71 bits per heavy atom. The molecule has 2 rings (SSSR count). The average molecular weight is 317 g/mol. The van der Waals surface area contributed by atoms with Crippen molar-refractivity contribution in [2.45, 2.75) is 18.4 Å². The summed E-state index contributed by atoms with van der Waals surface area (Å²) in [5, 5.41) is 4.60. The van der Waals surface area contributed by atoms with Gasteiger partial charge in [-0.1, -0.05) is 13.0 Å². The van der Waals surface area contributed by atoms with Gasteiger partial charge < -0.3 is 10.1 Å². The molecule has 21 heavy (non-hydrogen) atoms. The summed E-state index contributed by atoms with van der Waals surface area (Å²) in [6.07, 6.45) is 0. The van der Waals surface area contributed by atoms with Crippen LogP contribution in [0.15, 0.2) is 23.1 Å². The zero-order valence-corrected chi connectivity index (χ0v) is 12.7. The molecule has 6 nitrogen and oxygen atoms in total. The van der Waals surface area contributed by atoms with E-state index in [2.05, 4.69) is 10.1 Å². The van der Waals surface area contributed by atoms with Gasteiger partial charge in [-0.05, 0) is 24.2 Å². The minimum Gasteiger partial charge on any atom is -0.379 e. The second kappa shape index (κ2) is 7.28. The number of rotatable bonds is 6. The van der Waals surface area contributed by atoms with E-state index in [0.29, 0.717) is 32.8 Å². The summed E-state index contributed by atoms with van der Waals surface area (Å²) in [5.74, 6) is -0.754. The van der Waals surface area contributed by atoms with Crippen LogP contribution in [0.1, 0.15) is 12.5 Å². The summed E-state index contributed by atoms with van der Waals surface area (Å²) in [5.41, 5.74) is 0.723. The Bertz CT molecular complexity index is 574. The number of nitrogens with zero attached hydrogens (tertiary/aromatic N) is 1. The molecule has 1 saturated heterocycles. The van der Waals surface area contributed by atoms with Crippen molar-refractivity contribution in [3.05, 3.63) is 29.6 Å². The molecule has 0 radical (unpaired) electrons. The van der Waals surface area contributed by atoms with Crippen LogP contribution in [0.4, 0.5) is 4.39 Å². The second-order valence-electron chi connectivity index (χ2n) is 4.74. The van der Waals surface area contributed by atoms with Crippen LogP contribution < -0.4 is 10.1 Å². The Kier molecular flexibility index (Phi) is 5.65. The van der Waals surface area contributed by atoms with E-state index in [-0.39, 0.29) is 4.90 Å². The summed E-state index contributed by atoms with van der Waals surface area (Å²) in [4.78, 5) is 2.07. The van der Waals surface area contributed by atoms with Crippen LogP contribution in [0.3, 0.4) is 0 Å². The van der Waals surface area contributed by atoms with E-state index in [9.17, 15) is 12.8 Å². The molecule has 1 fully saturated rings. The Labute approximate surface area is 124 Å². The van der Waals surface area contributed by atoms with Crippen LogP contribution >= 0.6 is 0 Å². The van der Waals surface area contributed by atoms with Gasteiger partial charge in [0, 0.05) is 19.6 Å². The molecule has 0 atom stereocenters. The molecule has 0 saturated carbocycles. The van der Waals surface area contributed by atoms with E-state index in [0.717, 1.165) is 12.1 Å². The zero-order valence-electron chi connectivity index (χ0n) is 11.9. The Hall–Kier alpha value is -1.06. The van der Waals surface area contributed by atoms with E-state index in [4.69, 9.17) is 4.74 Å². The third kappa shape index (κ3) is 4.45. The summed E-state index contributed by atoms with van der Waals surface area (Å²) in [6.45, 7) is 4.98. The van der Waals surface area contributed by atoms with Crippen molar-refractivity contribution in [2.75, 3.05) is 32.8 Å². The lowest BCUT2D eigenvalue weighted by Gasteiger charge is -2.26. The summed E-state index contributed by atoms with van der Waals surface area (Å²) < 4.78 is 43.6. The van der Waals surface area contributed by atoms with Crippen LogP contribution in [-0.4, -0.2) is 46.3 Å². The molecule has 0 amide bonds. The molecular weight excluding hydrogens is 297 g/mol. The van der Waals surface area contributed by atoms with Crippen molar-refractivity contribution in [3.63, 3.8) is 0 Å². The van der Waals surface area contributed by atoms with Crippen molar-refractivity contribution in [2.24, 2.45) is 0 Å².